The number of carbonyl (C=O) groups excluding carboxylic acids is 1. The van der Waals surface area contributed by atoms with Crippen molar-refractivity contribution in [1.29, 1.82) is 0 Å². The maximum Gasteiger partial charge on any atom is 0.164 e. The van der Waals surface area contributed by atoms with Crippen LogP contribution in [0, 0.1) is 0 Å². The molecule has 1 aromatic carbocycles. The molecule has 1 unspecified atom stereocenters. The van der Waals surface area contributed by atoms with Gasteiger partial charge in [-0.3, -0.25) is 9.69 Å². The molecule has 3 N–H and O–H groups in total. The maximum atomic E-state index is 11.8. The Morgan fingerprint density at radius 2 is 2.21 bits per heavy atom. The molecular formula is C14H21N3O2. The SMILES string of the molecule is NCC(=O)C1CNCCN1CCOc1ccccc1. The van der Waals surface area contributed by atoms with E-state index in [0.29, 0.717) is 13.2 Å². The molecule has 1 fully saturated rings. The Bertz CT molecular complexity index is 397. The number of Topliss-reactive ketones (excluding diaryl/α,β-unsaturated/α-hetero) is 1. The van der Waals surface area contributed by atoms with E-state index < -0.39 is 0 Å². The minimum Gasteiger partial charge on any atom is -0.492 e. The minimum absolute atomic E-state index is 0.0897. The number of ether oxygens (including phenoxy) is 1. The summed E-state index contributed by atoms with van der Waals surface area (Å²) in [5.74, 6) is 0.950. The highest BCUT2D eigenvalue weighted by molar-refractivity contribution is 5.86. The van der Waals surface area contributed by atoms with Crippen LogP contribution in [0.5, 0.6) is 5.75 Å². The summed E-state index contributed by atoms with van der Waals surface area (Å²) in [6, 6.07) is 9.60. The van der Waals surface area contributed by atoms with Crippen molar-refractivity contribution in [2.24, 2.45) is 5.73 Å². The Hall–Kier alpha value is -1.43. The normalized spacial score (nSPS) is 20.2. The molecule has 5 nitrogen and oxygen atoms in total. The second-order valence-electron chi connectivity index (χ2n) is 4.59. The van der Waals surface area contributed by atoms with Gasteiger partial charge in [-0.2, -0.15) is 0 Å². The fourth-order valence-electron chi connectivity index (χ4n) is 2.26. The lowest BCUT2D eigenvalue weighted by molar-refractivity contribution is -0.123. The molecule has 2 rings (SSSR count). The largest absolute Gasteiger partial charge is 0.492 e. The van der Waals surface area contributed by atoms with Gasteiger partial charge in [0.1, 0.15) is 12.4 Å². The highest BCUT2D eigenvalue weighted by Gasteiger charge is 2.26. The Morgan fingerprint density at radius 1 is 1.42 bits per heavy atom. The van der Waals surface area contributed by atoms with Crippen molar-refractivity contribution >= 4 is 5.78 Å². The van der Waals surface area contributed by atoms with Gasteiger partial charge in [0.25, 0.3) is 0 Å². The number of carbonyl (C=O) groups is 1. The molecule has 0 bridgehead atoms. The smallest absolute Gasteiger partial charge is 0.164 e. The molecular weight excluding hydrogens is 242 g/mol. The first-order chi connectivity index (χ1) is 9.31. The van der Waals surface area contributed by atoms with E-state index in [9.17, 15) is 4.79 Å². The molecule has 1 aliphatic rings. The first kappa shape index (κ1) is 14.0. The van der Waals surface area contributed by atoms with Crippen LogP contribution in [0.15, 0.2) is 30.3 Å². The molecule has 19 heavy (non-hydrogen) atoms. The van der Waals surface area contributed by atoms with Crippen LogP contribution in [0.4, 0.5) is 0 Å². The predicted octanol–water partition coefficient (Wildman–Crippen LogP) is -0.133. The van der Waals surface area contributed by atoms with Crippen molar-refractivity contribution in [1.82, 2.24) is 10.2 Å². The summed E-state index contributed by atoms with van der Waals surface area (Å²) in [6.45, 7) is 3.86. The van der Waals surface area contributed by atoms with Crippen molar-refractivity contribution in [2.75, 3.05) is 39.3 Å². The fourth-order valence-corrected chi connectivity index (χ4v) is 2.26. The third kappa shape index (κ3) is 4.02. The van der Waals surface area contributed by atoms with Crippen LogP contribution in [0.25, 0.3) is 0 Å². The number of hydrogen-bond donors (Lipinski definition) is 2. The van der Waals surface area contributed by atoms with E-state index in [1.54, 1.807) is 0 Å². The highest BCUT2D eigenvalue weighted by atomic mass is 16.5. The zero-order valence-corrected chi connectivity index (χ0v) is 11.0. The van der Waals surface area contributed by atoms with Gasteiger partial charge in [-0.05, 0) is 12.1 Å². The number of nitrogens with one attached hydrogen (secondary N) is 1. The van der Waals surface area contributed by atoms with Crippen molar-refractivity contribution in [2.45, 2.75) is 6.04 Å². The first-order valence-electron chi connectivity index (χ1n) is 6.66. The van der Waals surface area contributed by atoms with Crippen molar-refractivity contribution in [3.63, 3.8) is 0 Å². The number of para-hydroxylation sites is 1. The summed E-state index contributed by atoms with van der Waals surface area (Å²) in [7, 11) is 0. The third-order valence-electron chi connectivity index (χ3n) is 3.32. The molecule has 0 aromatic heterocycles. The summed E-state index contributed by atoms with van der Waals surface area (Å²) in [4.78, 5) is 13.9. The summed E-state index contributed by atoms with van der Waals surface area (Å²) < 4.78 is 5.67. The Labute approximate surface area is 113 Å². The van der Waals surface area contributed by atoms with Gasteiger partial charge in [-0.15, -0.1) is 0 Å². The van der Waals surface area contributed by atoms with Gasteiger partial charge in [-0.1, -0.05) is 18.2 Å². The monoisotopic (exact) mass is 263 g/mol. The fraction of sp³-hybridized carbons (Fsp3) is 0.500. The van der Waals surface area contributed by atoms with Gasteiger partial charge in [0.15, 0.2) is 5.78 Å². The number of hydrogen-bond acceptors (Lipinski definition) is 5. The number of benzene rings is 1. The summed E-state index contributed by atoms with van der Waals surface area (Å²) >= 11 is 0. The van der Waals surface area contributed by atoms with E-state index in [0.717, 1.165) is 25.4 Å². The minimum atomic E-state index is -0.113. The van der Waals surface area contributed by atoms with Gasteiger partial charge in [0.2, 0.25) is 0 Å². The second-order valence-corrected chi connectivity index (χ2v) is 4.59. The molecule has 5 heteroatoms. The molecule has 1 aromatic rings. The van der Waals surface area contributed by atoms with Crippen LogP contribution >= 0.6 is 0 Å². The standard InChI is InChI=1S/C14H21N3O2/c15-10-14(18)13-11-16-6-7-17(13)8-9-19-12-4-2-1-3-5-12/h1-5,13,16H,6-11,15H2. The van der Waals surface area contributed by atoms with Crippen LogP contribution in [0.1, 0.15) is 0 Å². The molecule has 1 heterocycles. The van der Waals surface area contributed by atoms with Crippen LogP contribution in [-0.4, -0.2) is 56.1 Å². The van der Waals surface area contributed by atoms with Crippen LogP contribution in [0.2, 0.25) is 0 Å². The first-order valence-corrected chi connectivity index (χ1v) is 6.66. The highest BCUT2D eigenvalue weighted by Crippen LogP contribution is 2.09. The van der Waals surface area contributed by atoms with Gasteiger partial charge in [-0.25, -0.2) is 0 Å². The predicted molar refractivity (Wildman–Crippen MR) is 74.2 cm³/mol. The number of nitrogens with two attached hydrogens (primary N) is 1. The molecule has 1 saturated heterocycles. The quantitative estimate of drug-likeness (QED) is 0.748. The number of ketones is 1. The van der Waals surface area contributed by atoms with Gasteiger partial charge in [0.05, 0.1) is 12.6 Å². The molecule has 0 aliphatic carbocycles. The van der Waals surface area contributed by atoms with Crippen molar-refractivity contribution in [3.05, 3.63) is 30.3 Å². The third-order valence-corrected chi connectivity index (χ3v) is 3.32. The lowest BCUT2D eigenvalue weighted by Gasteiger charge is -2.34. The summed E-state index contributed by atoms with van der Waals surface area (Å²) in [6.07, 6.45) is 0. The zero-order chi connectivity index (χ0) is 13.5. The molecule has 1 aliphatic heterocycles. The number of piperazine rings is 1. The summed E-state index contributed by atoms with van der Waals surface area (Å²) in [5, 5.41) is 3.23. The second kappa shape index (κ2) is 7.23. The Morgan fingerprint density at radius 3 is 2.95 bits per heavy atom. The average Bonchev–Trinajstić information content (AvgIpc) is 2.48. The van der Waals surface area contributed by atoms with E-state index in [1.807, 2.05) is 30.3 Å². The molecule has 0 radical (unpaired) electrons. The molecule has 0 spiro atoms. The van der Waals surface area contributed by atoms with Gasteiger partial charge < -0.3 is 15.8 Å². The zero-order valence-electron chi connectivity index (χ0n) is 11.0. The number of rotatable bonds is 6. The van der Waals surface area contributed by atoms with Crippen LogP contribution in [-0.2, 0) is 4.79 Å². The summed E-state index contributed by atoms with van der Waals surface area (Å²) in [5.41, 5.74) is 5.45. The molecule has 104 valence electrons. The van der Waals surface area contributed by atoms with E-state index in [1.165, 1.54) is 0 Å². The molecule has 0 amide bonds. The molecule has 1 atom stereocenters. The van der Waals surface area contributed by atoms with Gasteiger partial charge >= 0.3 is 0 Å². The van der Waals surface area contributed by atoms with Crippen molar-refractivity contribution in [3.8, 4) is 5.75 Å². The lowest BCUT2D eigenvalue weighted by atomic mass is 10.1. The van der Waals surface area contributed by atoms with Crippen molar-refractivity contribution < 1.29 is 9.53 Å². The topological polar surface area (TPSA) is 67.6 Å². The van der Waals surface area contributed by atoms with Crippen LogP contribution < -0.4 is 15.8 Å². The van der Waals surface area contributed by atoms with E-state index in [4.69, 9.17) is 10.5 Å². The Kier molecular flexibility index (Phi) is 5.32. The maximum absolute atomic E-state index is 11.8. The van der Waals surface area contributed by atoms with Crippen LogP contribution in [0.3, 0.4) is 0 Å². The Balaban J connectivity index is 1.81. The van der Waals surface area contributed by atoms with E-state index in [-0.39, 0.29) is 18.4 Å². The lowest BCUT2D eigenvalue weighted by Crippen LogP contribution is -2.57. The van der Waals surface area contributed by atoms with E-state index in [2.05, 4.69) is 10.2 Å². The average molecular weight is 263 g/mol. The van der Waals surface area contributed by atoms with Gasteiger partial charge in [0, 0.05) is 26.2 Å². The number of nitrogens with zero attached hydrogens (tertiary/aromatic N) is 1. The van der Waals surface area contributed by atoms with E-state index >= 15 is 0 Å². The molecule has 0 saturated carbocycles.